The molecule has 2 aromatic rings. The zero-order valence-electron chi connectivity index (χ0n) is 12.1. The summed E-state index contributed by atoms with van der Waals surface area (Å²) in [5, 5.41) is 3.03. The van der Waals surface area contributed by atoms with Crippen LogP contribution in [0.1, 0.15) is 22.5 Å². The number of benzene rings is 1. The van der Waals surface area contributed by atoms with Crippen molar-refractivity contribution in [3.63, 3.8) is 0 Å². The van der Waals surface area contributed by atoms with E-state index in [4.69, 9.17) is 11.6 Å². The van der Waals surface area contributed by atoms with Gasteiger partial charge in [-0.3, -0.25) is 9.78 Å². The van der Waals surface area contributed by atoms with E-state index in [9.17, 15) is 9.18 Å². The number of anilines is 1. The maximum atomic E-state index is 13.7. The smallest absolute Gasteiger partial charge is 0.229 e. The first kappa shape index (κ1) is 15.4. The van der Waals surface area contributed by atoms with Gasteiger partial charge in [0.1, 0.15) is 5.82 Å². The van der Waals surface area contributed by atoms with Gasteiger partial charge in [0, 0.05) is 16.3 Å². The molecule has 0 atom stereocenters. The highest BCUT2D eigenvalue weighted by atomic mass is 35.5. The van der Waals surface area contributed by atoms with Crippen molar-refractivity contribution in [2.45, 2.75) is 27.2 Å². The van der Waals surface area contributed by atoms with Crippen molar-refractivity contribution in [3.8, 4) is 0 Å². The minimum atomic E-state index is -0.479. The number of hydrogen-bond acceptors (Lipinski definition) is 2. The Kier molecular flexibility index (Phi) is 4.58. The summed E-state index contributed by atoms with van der Waals surface area (Å²) in [4.78, 5) is 16.4. The minimum Gasteiger partial charge on any atom is -0.324 e. The van der Waals surface area contributed by atoms with Crippen molar-refractivity contribution in [2.24, 2.45) is 0 Å². The lowest BCUT2D eigenvalue weighted by Gasteiger charge is -2.12. The zero-order valence-corrected chi connectivity index (χ0v) is 12.9. The van der Waals surface area contributed by atoms with Crippen LogP contribution in [0.5, 0.6) is 0 Å². The molecule has 1 amide bonds. The Labute approximate surface area is 128 Å². The highest BCUT2D eigenvalue weighted by molar-refractivity contribution is 6.31. The van der Waals surface area contributed by atoms with E-state index in [0.717, 1.165) is 17.0 Å². The van der Waals surface area contributed by atoms with Gasteiger partial charge in [0.2, 0.25) is 5.91 Å². The molecule has 0 saturated heterocycles. The maximum absolute atomic E-state index is 13.7. The summed E-state index contributed by atoms with van der Waals surface area (Å²) in [6, 6.07) is 6.26. The molecular formula is C16H16ClFN2O. The second kappa shape index (κ2) is 6.22. The van der Waals surface area contributed by atoms with Crippen LogP contribution in [0.3, 0.4) is 0 Å². The van der Waals surface area contributed by atoms with Crippen molar-refractivity contribution in [1.82, 2.24) is 4.98 Å². The van der Waals surface area contributed by atoms with Crippen LogP contribution in [-0.2, 0) is 11.2 Å². The van der Waals surface area contributed by atoms with E-state index < -0.39 is 5.82 Å². The van der Waals surface area contributed by atoms with Gasteiger partial charge in [0.25, 0.3) is 0 Å². The Morgan fingerprint density at radius 1 is 1.33 bits per heavy atom. The largest absolute Gasteiger partial charge is 0.324 e. The van der Waals surface area contributed by atoms with Crippen molar-refractivity contribution < 1.29 is 9.18 Å². The van der Waals surface area contributed by atoms with Gasteiger partial charge < -0.3 is 5.32 Å². The first-order chi connectivity index (χ1) is 9.88. The van der Waals surface area contributed by atoms with Gasteiger partial charge in [-0.2, -0.15) is 0 Å². The van der Waals surface area contributed by atoms with Crippen molar-refractivity contribution >= 4 is 23.2 Å². The normalized spacial score (nSPS) is 10.5. The molecule has 0 fully saturated rings. The molecule has 21 heavy (non-hydrogen) atoms. The summed E-state index contributed by atoms with van der Waals surface area (Å²) in [6.07, 6.45) is -0.113. The third-order valence-corrected chi connectivity index (χ3v) is 3.54. The molecule has 0 aliphatic rings. The Morgan fingerprint density at radius 2 is 2.05 bits per heavy atom. The molecular weight excluding hydrogens is 291 g/mol. The van der Waals surface area contributed by atoms with Gasteiger partial charge in [0.15, 0.2) is 0 Å². The molecule has 0 unspecified atom stereocenters. The van der Waals surface area contributed by atoms with Crippen LogP contribution < -0.4 is 5.32 Å². The molecule has 3 nitrogen and oxygen atoms in total. The molecule has 0 radical (unpaired) electrons. The van der Waals surface area contributed by atoms with Crippen molar-refractivity contribution in [2.75, 3.05) is 5.32 Å². The number of halogens is 2. The van der Waals surface area contributed by atoms with Crippen molar-refractivity contribution in [1.29, 1.82) is 0 Å². The molecule has 2 rings (SSSR count). The summed E-state index contributed by atoms with van der Waals surface area (Å²) in [7, 11) is 0. The topological polar surface area (TPSA) is 42.0 Å². The molecule has 0 aliphatic heterocycles. The predicted molar refractivity (Wildman–Crippen MR) is 82.2 cm³/mol. The number of carbonyl (C=O) groups excluding carboxylic acids is 1. The van der Waals surface area contributed by atoms with Gasteiger partial charge in [-0.15, -0.1) is 0 Å². The number of pyridine rings is 1. The molecule has 1 heterocycles. The van der Waals surface area contributed by atoms with Gasteiger partial charge in [-0.1, -0.05) is 17.7 Å². The lowest BCUT2D eigenvalue weighted by Crippen LogP contribution is -2.17. The average molecular weight is 307 g/mol. The number of carbonyl (C=O) groups is 1. The molecule has 5 heteroatoms. The van der Waals surface area contributed by atoms with Crippen LogP contribution >= 0.6 is 11.6 Å². The van der Waals surface area contributed by atoms with E-state index in [1.54, 1.807) is 6.07 Å². The fourth-order valence-corrected chi connectivity index (χ4v) is 2.49. The molecule has 1 aromatic heterocycles. The third-order valence-electron chi connectivity index (χ3n) is 3.19. The third kappa shape index (κ3) is 3.58. The first-order valence-corrected chi connectivity index (χ1v) is 6.94. The van der Waals surface area contributed by atoms with Crippen LogP contribution in [0.4, 0.5) is 10.1 Å². The molecule has 0 aliphatic carbocycles. The maximum Gasteiger partial charge on any atom is 0.229 e. The number of hydrogen-bond donors (Lipinski definition) is 1. The second-order valence-electron chi connectivity index (χ2n) is 4.97. The van der Waals surface area contributed by atoms with E-state index in [2.05, 4.69) is 10.3 Å². The van der Waals surface area contributed by atoms with Crippen molar-refractivity contribution in [3.05, 3.63) is 57.6 Å². The van der Waals surface area contributed by atoms with Crippen LogP contribution in [-0.4, -0.2) is 10.9 Å². The van der Waals surface area contributed by atoms with Crippen LogP contribution in [0.25, 0.3) is 0 Å². The van der Waals surface area contributed by atoms with Crippen LogP contribution in [0.2, 0.25) is 5.02 Å². The summed E-state index contributed by atoms with van der Waals surface area (Å²) >= 11 is 5.93. The highest BCUT2D eigenvalue weighted by Gasteiger charge is 2.14. The molecule has 1 N–H and O–H groups in total. The quantitative estimate of drug-likeness (QED) is 0.932. The molecule has 110 valence electrons. The Bertz CT molecular complexity index is 657. The SMILES string of the molecule is Cc1cc(C)c(NC(=O)Cc2c(F)cccc2Cl)c(C)n1. The van der Waals surface area contributed by atoms with E-state index in [-0.39, 0.29) is 22.9 Å². The minimum absolute atomic E-state index is 0.113. The molecule has 0 bridgehead atoms. The first-order valence-electron chi connectivity index (χ1n) is 6.56. The molecule has 0 saturated carbocycles. The van der Waals surface area contributed by atoms with Gasteiger partial charge in [-0.05, 0) is 44.5 Å². The number of amides is 1. The molecule has 0 spiro atoms. The summed E-state index contributed by atoms with van der Waals surface area (Å²) in [5.41, 5.74) is 3.42. The second-order valence-corrected chi connectivity index (χ2v) is 5.37. The summed E-state index contributed by atoms with van der Waals surface area (Å²) in [6.45, 7) is 5.61. The zero-order chi connectivity index (χ0) is 15.6. The fourth-order valence-electron chi connectivity index (χ4n) is 2.26. The van der Waals surface area contributed by atoms with Gasteiger partial charge >= 0.3 is 0 Å². The van der Waals surface area contributed by atoms with Crippen LogP contribution in [0, 0.1) is 26.6 Å². The van der Waals surface area contributed by atoms with E-state index in [1.807, 2.05) is 26.8 Å². The highest BCUT2D eigenvalue weighted by Crippen LogP contribution is 2.22. The lowest BCUT2D eigenvalue weighted by molar-refractivity contribution is -0.115. The number of aromatic nitrogens is 1. The Hall–Kier alpha value is -1.94. The standard InChI is InChI=1S/C16H16ClFN2O/c1-9-7-10(2)19-11(3)16(9)20-15(21)8-12-13(17)5-4-6-14(12)18/h4-7H,8H2,1-3H3,(H,20,21). The number of nitrogens with one attached hydrogen (secondary N) is 1. The van der Waals surface area contributed by atoms with Gasteiger partial charge in [0.05, 0.1) is 17.8 Å². The predicted octanol–water partition coefficient (Wildman–Crippen LogP) is 3.98. The van der Waals surface area contributed by atoms with Crippen LogP contribution in [0.15, 0.2) is 24.3 Å². The lowest BCUT2D eigenvalue weighted by atomic mass is 10.1. The number of nitrogens with zero attached hydrogens (tertiary/aromatic N) is 1. The van der Waals surface area contributed by atoms with E-state index in [1.165, 1.54) is 12.1 Å². The summed E-state index contributed by atoms with van der Waals surface area (Å²) < 4.78 is 13.7. The number of rotatable bonds is 3. The Morgan fingerprint density at radius 3 is 2.67 bits per heavy atom. The molecule has 1 aromatic carbocycles. The van der Waals surface area contributed by atoms with E-state index >= 15 is 0 Å². The Balaban J connectivity index is 2.20. The monoisotopic (exact) mass is 306 g/mol. The van der Waals surface area contributed by atoms with E-state index in [0.29, 0.717) is 5.69 Å². The summed E-state index contributed by atoms with van der Waals surface area (Å²) in [5.74, 6) is -0.799. The average Bonchev–Trinajstić information content (AvgIpc) is 2.38. The number of aryl methyl sites for hydroxylation is 3. The fraction of sp³-hybridized carbons (Fsp3) is 0.250. The van der Waals surface area contributed by atoms with Gasteiger partial charge in [-0.25, -0.2) is 4.39 Å².